The molecule has 2 aromatic heterocycles. The van der Waals surface area contributed by atoms with Gasteiger partial charge in [0.1, 0.15) is 17.3 Å². The average Bonchev–Trinajstić information content (AvgIpc) is 2.76. The second-order valence-electron chi connectivity index (χ2n) is 5.25. The van der Waals surface area contributed by atoms with Crippen molar-refractivity contribution < 1.29 is 0 Å². The minimum atomic E-state index is 0.433. The van der Waals surface area contributed by atoms with Crippen molar-refractivity contribution in [2.24, 2.45) is 0 Å². The van der Waals surface area contributed by atoms with Gasteiger partial charge in [0, 0.05) is 35.3 Å². The average molecular weight is 335 g/mol. The molecule has 0 bridgehead atoms. The first-order valence-electron chi connectivity index (χ1n) is 7.02. The molecule has 22 heavy (non-hydrogen) atoms. The zero-order valence-corrected chi connectivity index (χ0v) is 13.9. The van der Waals surface area contributed by atoms with E-state index in [4.69, 9.17) is 23.2 Å². The highest BCUT2D eigenvalue weighted by Crippen LogP contribution is 2.26. The van der Waals surface area contributed by atoms with Crippen LogP contribution in [0.15, 0.2) is 30.6 Å². The Morgan fingerprint density at radius 1 is 1.09 bits per heavy atom. The maximum atomic E-state index is 6.19. The monoisotopic (exact) mass is 334 g/mol. The van der Waals surface area contributed by atoms with Crippen LogP contribution in [-0.2, 0) is 6.54 Å². The normalized spacial score (nSPS) is 11.1. The van der Waals surface area contributed by atoms with Crippen LogP contribution < -0.4 is 5.32 Å². The Labute approximate surface area is 139 Å². The summed E-state index contributed by atoms with van der Waals surface area (Å²) in [7, 11) is 0. The zero-order valence-electron chi connectivity index (χ0n) is 12.4. The molecule has 0 aliphatic heterocycles. The molecule has 1 aromatic carbocycles. The van der Waals surface area contributed by atoms with Crippen LogP contribution in [0.2, 0.25) is 10.2 Å². The third-order valence-corrected chi connectivity index (χ3v) is 4.10. The molecule has 0 atom stereocenters. The van der Waals surface area contributed by atoms with Crippen LogP contribution in [-0.4, -0.2) is 21.1 Å². The lowest BCUT2D eigenvalue weighted by atomic mass is 10.1. The molecular formula is C16H16Cl2N4. The van der Waals surface area contributed by atoms with Crippen molar-refractivity contribution in [2.45, 2.75) is 20.4 Å². The summed E-state index contributed by atoms with van der Waals surface area (Å²) in [5.41, 5.74) is 3.56. The predicted octanol–water partition coefficient (Wildman–Crippen LogP) is 4.47. The van der Waals surface area contributed by atoms with Crippen molar-refractivity contribution in [3.8, 4) is 0 Å². The van der Waals surface area contributed by atoms with Gasteiger partial charge in [-0.3, -0.25) is 0 Å². The Morgan fingerprint density at radius 2 is 1.91 bits per heavy atom. The molecule has 3 rings (SSSR count). The Kier molecular flexibility index (Phi) is 4.23. The van der Waals surface area contributed by atoms with Gasteiger partial charge in [0.15, 0.2) is 0 Å². The number of halogens is 2. The van der Waals surface area contributed by atoms with E-state index < -0.39 is 0 Å². The molecule has 1 N–H and O–H groups in total. The summed E-state index contributed by atoms with van der Waals surface area (Å²) in [5.74, 6) is 0.725. The van der Waals surface area contributed by atoms with E-state index in [1.807, 2.05) is 12.1 Å². The molecule has 0 saturated carbocycles. The Morgan fingerprint density at radius 3 is 2.68 bits per heavy atom. The topological polar surface area (TPSA) is 42.7 Å². The van der Waals surface area contributed by atoms with Crippen LogP contribution in [0.25, 0.3) is 10.9 Å². The van der Waals surface area contributed by atoms with Gasteiger partial charge in [0.05, 0.1) is 5.52 Å². The number of hydrogen-bond acceptors (Lipinski definition) is 3. The van der Waals surface area contributed by atoms with E-state index in [9.17, 15) is 0 Å². The summed E-state index contributed by atoms with van der Waals surface area (Å²) in [5, 5.41) is 5.69. The smallest absolute Gasteiger partial charge is 0.134 e. The fourth-order valence-corrected chi connectivity index (χ4v) is 3.06. The SMILES string of the molecule is Cc1cc(Cl)cc2c1cc(C)n2CCNc1cc(Cl)ncn1. The van der Waals surface area contributed by atoms with Crippen LogP contribution in [0.4, 0.5) is 5.82 Å². The van der Waals surface area contributed by atoms with Gasteiger partial charge in [-0.05, 0) is 37.6 Å². The van der Waals surface area contributed by atoms with Crippen LogP contribution >= 0.6 is 23.2 Å². The Hall–Kier alpha value is -1.78. The summed E-state index contributed by atoms with van der Waals surface area (Å²) in [6, 6.07) is 7.92. The number of nitrogens with one attached hydrogen (secondary N) is 1. The number of anilines is 1. The van der Waals surface area contributed by atoms with Crippen molar-refractivity contribution >= 4 is 39.9 Å². The predicted molar refractivity (Wildman–Crippen MR) is 92.0 cm³/mol. The standard InChI is InChI=1S/C16H16Cl2N4/c1-10-5-12(17)7-14-13(10)6-11(2)22(14)4-3-19-16-8-15(18)20-9-21-16/h5-9H,3-4H2,1-2H3,(H,19,20,21). The van der Waals surface area contributed by atoms with Gasteiger partial charge in [0.25, 0.3) is 0 Å². The maximum absolute atomic E-state index is 6.19. The first-order valence-corrected chi connectivity index (χ1v) is 7.77. The lowest BCUT2D eigenvalue weighted by Crippen LogP contribution is -2.12. The number of benzene rings is 1. The fourth-order valence-electron chi connectivity index (χ4n) is 2.65. The molecule has 0 aliphatic rings. The minimum absolute atomic E-state index is 0.433. The molecular weight excluding hydrogens is 319 g/mol. The van der Waals surface area contributed by atoms with Crippen molar-refractivity contribution in [2.75, 3.05) is 11.9 Å². The van der Waals surface area contributed by atoms with E-state index in [0.717, 1.165) is 29.4 Å². The molecule has 0 saturated heterocycles. The largest absolute Gasteiger partial charge is 0.368 e. The number of aryl methyl sites for hydroxylation is 2. The highest BCUT2D eigenvalue weighted by atomic mass is 35.5. The fraction of sp³-hybridized carbons (Fsp3) is 0.250. The number of nitrogens with zero attached hydrogens (tertiary/aromatic N) is 3. The summed E-state index contributed by atoms with van der Waals surface area (Å²) in [4.78, 5) is 8.00. The van der Waals surface area contributed by atoms with Crippen LogP contribution in [0, 0.1) is 13.8 Å². The number of rotatable bonds is 4. The molecule has 0 spiro atoms. The van der Waals surface area contributed by atoms with Crippen molar-refractivity contribution in [1.29, 1.82) is 0 Å². The summed E-state index contributed by atoms with van der Waals surface area (Å²) < 4.78 is 2.25. The number of aromatic nitrogens is 3. The number of fused-ring (bicyclic) bond motifs is 1. The second-order valence-corrected chi connectivity index (χ2v) is 6.07. The highest BCUT2D eigenvalue weighted by Gasteiger charge is 2.09. The molecule has 0 fully saturated rings. The van der Waals surface area contributed by atoms with Gasteiger partial charge >= 0.3 is 0 Å². The highest BCUT2D eigenvalue weighted by molar-refractivity contribution is 6.31. The summed E-state index contributed by atoms with van der Waals surface area (Å²) in [6.45, 7) is 5.74. The van der Waals surface area contributed by atoms with Crippen molar-refractivity contribution in [3.63, 3.8) is 0 Å². The molecule has 2 heterocycles. The van der Waals surface area contributed by atoms with Crippen LogP contribution in [0.5, 0.6) is 0 Å². The van der Waals surface area contributed by atoms with Crippen molar-refractivity contribution in [3.05, 3.63) is 52.0 Å². The van der Waals surface area contributed by atoms with E-state index in [2.05, 4.69) is 39.8 Å². The second kappa shape index (κ2) is 6.15. The lowest BCUT2D eigenvalue weighted by molar-refractivity contribution is 0.733. The molecule has 6 heteroatoms. The first-order chi connectivity index (χ1) is 10.5. The van der Waals surface area contributed by atoms with E-state index in [1.54, 1.807) is 6.07 Å². The van der Waals surface area contributed by atoms with E-state index >= 15 is 0 Å². The van der Waals surface area contributed by atoms with Crippen LogP contribution in [0.3, 0.4) is 0 Å². The summed E-state index contributed by atoms with van der Waals surface area (Å²) >= 11 is 12.0. The van der Waals surface area contributed by atoms with E-state index in [-0.39, 0.29) is 0 Å². The van der Waals surface area contributed by atoms with Gasteiger partial charge < -0.3 is 9.88 Å². The summed E-state index contributed by atoms with van der Waals surface area (Å²) in [6.07, 6.45) is 1.45. The van der Waals surface area contributed by atoms with Crippen molar-refractivity contribution in [1.82, 2.24) is 14.5 Å². The quantitative estimate of drug-likeness (QED) is 0.716. The van der Waals surface area contributed by atoms with Gasteiger partial charge in [-0.25, -0.2) is 9.97 Å². The zero-order chi connectivity index (χ0) is 15.7. The first kappa shape index (κ1) is 15.1. The number of hydrogen-bond donors (Lipinski definition) is 1. The molecule has 0 amide bonds. The van der Waals surface area contributed by atoms with Gasteiger partial charge in [-0.2, -0.15) is 0 Å². The van der Waals surface area contributed by atoms with Gasteiger partial charge in [-0.15, -0.1) is 0 Å². The Balaban J connectivity index is 1.80. The van der Waals surface area contributed by atoms with Crippen LogP contribution in [0.1, 0.15) is 11.3 Å². The molecule has 3 aromatic rings. The molecule has 4 nitrogen and oxygen atoms in total. The van der Waals surface area contributed by atoms with E-state index in [0.29, 0.717) is 5.15 Å². The minimum Gasteiger partial charge on any atom is -0.368 e. The Bertz CT molecular complexity index is 826. The van der Waals surface area contributed by atoms with Gasteiger partial charge in [-0.1, -0.05) is 23.2 Å². The lowest BCUT2D eigenvalue weighted by Gasteiger charge is -2.10. The third-order valence-electron chi connectivity index (χ3n) is 3.67. The third kappa shape index (κ3) is 3.03. The van der Waals surface area contributed by atoms with E-state index in [1.165, 1.54) is 23.0 Å². The van der Waals surface area contributed by atoms with Gasteiger partial charge in [0.2, 0.25) is 0 Å². The molecule has 114 valence electrons. The molecule has 0 radical (unpaired) electrons. The molecule has 0 aliphatic carbocycles. The maximum Gasteiger partial charge on any atom is 0.134 e. The molecule has 0 unspecified atom stereocenters.